The Hall–Kier alpha value is -2.56. The van der Waals surface area contributed by atoms with Gasteiger partial charge in [0.15, 0.2) is 0 Å². The van der Waals surface area contributed by atoms with Gasteiger partial charge in [-0.3, -0.25) is 4.79 Å². The first-order valence-electron chi connectivity index (χ1n) is 6.53. The average molecular weight is 269 g/mol. The summed E-state index contributed by atoms with van der Waals surface area (Å²) >= 11 is 0. The number of hydrogen-bond acceptors (Lipinski definition) is 4. The van der Waals surface area contributed by atoms with Gasteiger partial charge >= 0.3 is 0 Å². The Kier molecular flexibility index (Phi) is 3.25. The molecule has 5 heteroatoms. The number of nitrogens with zero attached hydrogens (tertiary/aromatic N) is 1. The van der Waals surface area contributed by atoms with Crippen LogP contribution in [-0.2, 0) is 4.79 Å². The van der Waals surface area contributed by atoms with Crippen molar-refractivity contribution in [2.24, 2.45) is 0 Å². The first-order chi connectivity index (χ1) is 9.79. The molecule has 102 valence electrons. The van der Waals surface area contributed by atoms with Crippen molar-refractivity contribution in [2.45, 2.75) is 13.0 Å². The zero-order valence-corrected chi connectivity index (χ0v) is 11.1. The first-order valence-corrected chi connectivity index (χ1v) is 6.53. The minimum atomic E-state index is -0.422. The summed E-state index contributed by atoms with van der Waals surface area (Å²) in [5.74, 6) is 0.435. The van der Waals surface area contributed by atoms with Crippen LogP contribution in [0.5, 0.6) is 5.88 Å². The third-order valence-corrected chi connectivity index (χ3v) is 3.14. The van der Waals surface area contributed by atoms with E-state index in [-0.39, 0.29) is 5.91 Å². The Morgan fingerprint density at radius 2 is 2.15 bits per heavy atom. The maximum atomic E-state index is 12.1. The molecule has 1 aliphatic rings. The molecule has 1 aromatic heterocycles. The third kappa shape index (κ3) is 2.18. The van der Waals surface area contributed by atoms with Crippen LogP contribution >= 0.6 is 0 Å². The van der Waals surface area contributed by atoms with Gasteiger partial charge in [0.1, 0.15) is 6.04 Å². The summed E-state index contributed by atoms with van der Waals surface area (Å²) in [5.41, 5.74) is 2.49. The Bertz CT molecular complexity index is 643. The molecule has 20 heavy (non-hydrogen) atoms. The van der Waals surface area contributed by atoms with Gasteiger partial charge in [-0.05, 0) is 25.1 Å². The van der Waals surface area contributed by atoms with E-state index in [1.54, 1.807) is 6.20 Å². The van der Waals surface area contributed by atoms with Crippen molar-refractivity contribution in [3.8, 4) is 5.88 Å². The van der Waals surface area contributed by atoms with Crippen molar-refractivity contribution < 1.29 is 9.53 Å². The molecule has 1 unspecified atom stereocenters. The van der Waals surface area contributed by atoms with E-state index in [0.29, 0.717) is 18.2 Å². The number of pyridine rings is 1. The lowest BCUT2D eigenvalue weighted by atomic mass is 10.1. The molecule has 1 aromatic carbocycles. The number of carbonyl (C=O) groups is 1. The van der Waals surface area contributed by atoms with Crippen LogP contribution in [0, 0.1) is 0 Å². The maximum absolute atomic E-state index is 12.1. The van der Waals surface area contributed by atoms with E-state index in [2.05, 4.69) is 15.6 Å². The van der Waals surface area contributed by atoms with Gasteiger partial charge in [-0.1, -0.05) is 18.2 Å². The number of nitrogens with one attached hydrogen (secondary N) is 2. The van der Waals surface area contributed by atoms with Crippen LogP contribution in [-0.4, -0.2) is 17.5 Å². The predicted octanol–water partition coefficient (Wildman–Crippen LogP) is 2.59. The zero-order chi connectivity index (χ0) is 13.9. The molecule has 1 aliphatic heterocycles. The minimum absolute atomic E-state index is 0.0718. The summed E-state index contributed by atoms with van der Waals surface area (Å²) in [4.78, 5) is 16.2. The van der Waals surface area contributed by atoms with Crippen molar-refractivity contribution in [2.75, 3.05) is 17.2 Å². The fourth-order valence-corrected chi connectivity index (χ4v) is 2.26. The quantitative estimate of drug-likeness (QED) is 0.895. The average Bonchev–Trinajstić information content (AvgIpc) is 2.78. The lowest BCUT2D eigenvalue weighted by molar-refractivity contribution is -0.116. The highest BCUT2D eigenvalue weighted by atomic mass is 16.5. The Labute approximate surface area is 117 Å². The third-order valence-electron chi connectivity index (χ3n) is 3.14. The number of rotatable bonds is 4. The monoisotopic (exact) mass is 269 g/mol. The summed E-state index contributed by atoms with van der Waals surface area (Å²) in [6.07, 6.45) is 1.67. The second kappa shape index (κ2) is 5.21. The lowest BCUT2D eigenvalue weighted by Crippen LogP contribution is -2.20. The molecule has 0 bridgehead atoms. The SMILES string of the molecule is CCOc1ncccc1NC1C(=O)Nc2ccccc21. The molecule has 2 aromatic rings. The summed E-state index contributed by atoms with van der Waals surface area (Å²) in [6, 6.07) is 10.9. The van der Waals surface area contributed by atoms with Crippen LogP contribution in [0.3, 0.4) is 0 Å². The second-order valence-electron chi connectivity index (χ2n) is 4.44. The number of amides is 1. The molecular formula is C15H15N3O2. The van der Waals surface area contributed by atoms with E-state index in [9.17, 15) is 4.79 Å². The molecule has 5 nitrogen and oxygen atoms in total. The minimum Gasteiger partial charge on any atom is -0.476 e. The van der Waals surface area contributed by atoms with Crippen LogP contribution < -0.4 is 15.4 Å². The summed E-state index contributed by atoms with van der Waals surface area (Å²) in [6.45, 7) is 2.43. The maximum Gasteiger partial charge on any atom is 0.251 e. The van der Waals surface area contributed by atoms with Gasteiger partial charge in [-0.2, -0.15) is 0 Å². The number of carbonyl (C=O) groups excluding carboxylic acids is 1. The second-order valence-corrected chi connectivity index (χ2v) is 4.44. The first kappa shape index (κ1) is 12.5. The number of hydrogen-bond donors (Lipinski definition) is 2. The van der Waals surface area contributed by atoms with Crippen molar-refractivity contribution in [3.63, 3.8) is 0 Å². The number of aromatic nitrogens is 1. The van der Waals surface area contributed by atoms with Crippen molar-refractivity contribution in [1.82, 2.24) is 4.98 Å². The van der Waals surface area contributed by atoms with Gasteiger partial charge in [-0.25, -0.2) is 4.98 Å². The van der Waals surface area contributed by atoms with E-state index in [1.807, 2.05) is 43.3 Å². The summed E-state index contributed by atoms with van der Waals surface area (Å²) in [5, 5.41) is 6.06. The van der Waals surface area contributed by atoms with Crippen LogP contribution in [0.4, 0.5) is 11.4 Å². The molecule has 0 radical (unpaired) electrons. The highest BCUT2D eigenvalue weighted by Gasteiger charge is 2.30. The summed E-state index contributed by atoms with van der Waals surface area (Å²) in [7, 11) is 0. The van der Waals surface area contributed by atoms with Gasteiger partial charge < -0.3 is 15.4 Å². The molecule has 2 N–H and O–H groups in total. The number of benzene rings is 1. The highest BCUT2D eigenvalue weighted by Crippen LogP contribution is 2.34. The Balaban J connectivity index is 1.90. The fraction of sp³-hybridized carbons (Fsp3) is 0.200. The van der Waals surface area contributed by atoms with Gasteiger partial charge in [0.05, 0.1) is 12.3 Å². The zero-order valence-electron chi connectivity index (χ0n) is 11.1. The van der Waals surface area contributed by atoms with E-state index < -0.39 is 6.04 Å². The topological polar surface area (TPSA) is 63.2 Å². The van der Waals surface area contributed by atoms with Gasteiger partial charge in [0.2, 0.25) is 5.88 Å². The van der Waals surface area contributed by atoms with Crippen molar-refractivity contribution in [3.05, 3.63) is 48.2 Å². The highest BCUT2D eigenvalue weighted by molar-refractivity contribution is 6.04. The molecule has 1 atom stereocenters. The van der Waals surface area contributed by atoms with E-state index in [1.165, 1.54) is 0 Å². The number of ether oxygens (including phenoxy) is 1. The largest absolute Gasteiger partial charge is 0.476 e. The number of para-hydroxylation sites is 1. The van der Waals surface area contributed by atoms with E-state index >= 15 is 0 Å². The van der Waals surface area contributed by atoms with Crippen LogP contribution in [0.1, 0.15) is 18.5 Å². The molecule has 0 saturated carbocycles. The van der Waals surface area contributed by atoms with Crippen LogP contribution in [0.15, 0.2) is 42.6 Å². The standard InChI is InChI=1S/C15H15N3O2/c1-2-20-15-12(8-5-9-16-15)17-13-10-6-3-4-7-11(10)18-14(13)19/h3-9,13,17H,2H2,1H3,(H,18,19). The number of fused-ring (bicyclic) bond motifs is 1. The number of anilines is 2. The van der Waals surface area contributed by atoms with Crippen LogP contribution in [0.25, 0.3) is 0 Å². The van der Waals surface area contributed by atoms with Crippen molar-refractivity contribution >= 4 is 17.3 Å². The summed E-state index contributed by atoms with van der Waals surface area (Å²) < 4.78 is 5.47. The van der Waals surface area contributed by atoms with Crippen molar-refractivity contribution in [1.29, 1.82) is 0 Å². The molecule has 3 rings (SSSR count). The molecule has 0 saturated heterocycles. The predicted molar refractivity (Wildman–Crippen MR) is 76.8 cm³/mol. The molecule has 0 spiro atoms. The smallest absolute Gasteiger partial charge is 0.251 e. The van der Waals surface area contributed by atoms with Crippen LogP contribution in [0.2, 0.25) is 0 Å². The molecular weight excluding hydrogens is 254 g/mol. The normalized spacial score (nSPS) is 16.4. The Morgan fingerprint density at radius 1 is 1.30 bits per heavy atom. The van der Waals surface area contributed by atoms with Gasteiger partial charge in [0, 0.05) is 17.4 Å². The van der Waals surface area contributed by atoms with Gasteiger partial charge in [-0.15, -0.1) is 0 Å². The van der Waals surface area contributed by atoms with E-state index in [0.717, 1.165) is 11.3 Å². The van der Waals surface area contributed by atoms with E-state index in [4.69, 9.17) is 4.74 Å². The Morgan fingerprint density at radius 3 is 3.00 bits per heavy atom. The molecule has 0 fully saturated rings. The molecule has 1 amide bonds. The molecule has 0 aliphatic carbocycles. The lowest BCUT2D eigenvalue weighted by Gasteiger charge is -2.15. The fourth-order valence-electron chi connectivity index (χ4n) is 2.26. The molecule has 2 heterocycles. The van der Waals surface area contributed by atoms with Gasteiger partial charge in [0.25, 0.3) is 5.91 Å².